The highest BCUT2D eigenvalue weighted by molar-refractivity contribution is 7.15. The minimum Gasteiger partial charge on any atom is -0.494 e. The maximum atomic E-state index is 12.3. The predicted molar refractivity (Wildman–Crippen MR) is 105 cm³/mol. The molecule has 0 radical (unpaired) electrons. The fourth-order valence-electron chi connectivity index (χ4n) is 2.17. The molecule has 0 saturated carbocycles. The zero-order valence-electron chi connectivity index (χ0n) is 13.6. The molecular weight excluding hydrogens is 393 g/mol. The van der Waals surface area contributed by atoms with E-state index < -0.39 is 0 Å². The van der Waals surface area contributed by atoms with Crippen LogP contribution in [0.25, 0.3) is 0 Å². The van der Waals surface area contributed by atoms with Gasteiger partial charge in [0.05, 0.1) is 17.2 Å². The Kier molecular flexibility index (Phi) is 6.44. The minimum atomic E-state index is -0.368. The quantitative estimate of drug-likeness (QED) is 0.552. The number of carbonyl (C=O) groups excluding carboxylic acids is 1. The number of nitrogens with zero attached hydrogens (tertiary/aromatic N) is 2. The fourth-order valence-corrected chi connectivity index (χ4v) is 3.32. The van der Waals surface area contributed by atoms with Crippen LogP contribution < -0.4 is 10.1 Å². The van der Waals surface area contributed by atoms with Gasteiger partial charge in [-0.2, -0.15) is 0 Å². The van der Waals surface area contributed by atoms with Gasteiger partial charge in [0, 0.05) is 11.4 Å². The number of nitrogens with one attached hydrogen (secondary N) is 1. The van der Waals surface area contributed by atoms with Gasteiger partial charge in [0.1, 0.15) is 10.8 Å². The van der Waals surface area contributed by atoms with Gasteiger partial charge >= 0.3 is 0 Å². The van der Waals surface area contributed by atoms with Crippen molar-refractivity contribution in [1.29, 1.82) is 0 Å². The number of benzene rings is 2. The molecule has 5 nitrogen and oxygen atoms in total. The first kappa shape index (κ1) is 18.6. The van der Waals surface area contributed by atoms with Gasteiger partial charge in [-0.15, -0.1) is 10.2 Å². The number of anilines is 1. The molecule has 0 aliphatic heterocycles. The number of para-hydroxylation sites is 1. The summed E-state index contributed by atoms with van der Waals surface area (Å²) in [6, 6.07) is 14.4. The molecule has 0 atom stereocenters. The van der Waals surface area contributed by atoms with Crippen LogP contribution in [0.15, 0.2) is 48.5 Å². The number of ether oxygens (including phenoxy) is 1. The fraction of sp³-hybridized carbons (Fsp3) is 0.167. The molecule has 0 unspecified atom stereocenters. The SMILES string of the molecule is O=C(Nc1nnc(CCCOc2ccccc2)s1)c1cc(Cl)ccc1Cl. The van der Waals surface area contributed by atoms with Crippen LogP contribution in [-0.4, -0.2) is 22.7 Å². The molecule has 1 N–H and O–H groups in total. The molecule has 3 aromatic rings. The van der Waals surface area contributed by atoms with E-state index >= 15 is 0 Å². The Labute approximate surface area is 164 Å². The molecule has 3 rings (SSSR count). The second kappa shape index (κ2) is 8.98. The van der Waals surface area contributed by atoms with Gasteiger partial charge < -0.3 is 4.74 Å². The molecule has 0 aliphatic carbocycles. The Morgan fingerprint density at radius 3 is 2.73 bits per heavy atom. The maximum absolute atomic E-state index is 12.3. The normalized spacial score (nSPS) is 10.5. The second-order valence-electron chi connectivity index (χ2n) is 5.34. The topological polar surface area (TPSA) is 64.1 Å². The van der Waals surface area contributed by atoms with Crippen molar-refractivity contribution >= 4 is 45.6 Å². The molecule has 26 heavy (non-hydrogen) atoms. The van der Waals surface area contributed by atoms with Crippen molar-refractivity contribution < 1.29 is 9.53 Å². The van der Waals surface area contributed by atoms with E-state index in [1.807, 2.05) is 30.3 Å². The zero-order chi connectivity index (χ0) is 18.4. The van der Waals surface area contributed by atoms with Crippen molar-refractivity contribution in [1.82, 2.24) is 10.2 Å². The average Bonchev–Trinajstić information content (AvgIpc) is 3.09. The smallest absolute Gasteiger partial charge is 0.259 e. The lowest BCUT2D eigenvalue weighted by atomic mass is 10.2. The van der Waals surface area contributed by atoms with Crippen molar-refractivity contribution in [2.45, 2.75) is 12.8 Å². The van der Waals surface area contributed by atoms with Crippen molar-refractivity contribution in [3.63, 3.8) is 0 Å². The summed E-state index contributed by atoms with van der Waals surface area (Å²) in [5.74, 6) is 0.476. The van der Waals surface area contributed by atoms with Crippen LogP contribution in [0.1, 0.15) is 21.8 Å². The van der Waals surface area contributed by atoms with Crippen LogP contribution in [0.3, 0.4) is 0 Å². The summed E-state index contributed by atoms with van der Waals surface area (Å²) in [5.41, 5.74) is 0.298. The van der Waals surface area contributed by atoms with E-state index in [1.165, 1.54) is 17.4 Å². The van der Waals surface area contributed by atoms with Crippen LogP contribution >= 0.6 is 34.5 Å². The molecule has 1 aromatic heterocycles. The van der Waals surface area contributed by atoms with E-state index in [-0.39, 0.29) is 5.91 Å². The number of hydrogen-bond donors (Lipinski definition) is 1. The second-order valence-corrected chi connectivity index (χ2v) is 7.25. The molecule has 0 spiro atoms. The molecule has 0 saturated heterocycles. The molecule has 1 heterocycles. The summed E-state index contributed by atoms with van der Waals surface area (Å²) >= 11 is 13.3. The number of aryl methyl sites for hydroxylation is 1. The molecular formula is C18H15Cl2N3O2S. The van der Waals surface area contributed by atoms with E-state index in [2.05, 4.69) is 15.5 Å². The maximum Gasteiger partial charge on any atom is 0.259 e. The summed E-state index contributed by atoms with van der Waals surface area (Å²) in [6.07, 6.45) is 1.52. The van der Waals surface area contributed by atoms with E-state index in [9.17, 15) is 4.79 Å². The lowest BCUT2D eigenvalue weighted by Gasteiger charge is -2.04. The first-order valence-electron chi connectivity index (χ1n) is 7.88. The lowest BCUT2D eigenvalue weighted by molar-refractivity contribution is 0.102. The minimum absolute atomic E-state index is 0.298. The van der Waals surface area contributed by atoms with Crippen LogP contribution in [0.4, 0.5) is 5.13 Å². The number of halogens is 2. The van der Waals surface area contributed by atoms with E-state index in [0.29, 0.717) is 27.3 Å². The van der Waals surface area contributed by atoms with Crippen molar-refractivity contribution in [3.05, 3.63) is 69.1 Å². The van der Waals surface area contributed by atoms with E-state index in [1.54, 1.807) is 12.1 Å². The average molecular weight is 408 g/mol. The Morgan fingerprint density at radius 2 is 1.92 bits per heavy atom. The molecule has 2 aromatic carbocycles. The first-order valence-corrected chi connectivity index (χ1v) is 9.46. The van der Waals surface area contributed by atoms with Crippen LogP contribution in [-0.2, 0) is 6.42 Å². The number of aromatic nitrogens is 2. The van der Waals surface area contributed by atoms with Gasteiger partial charge in [0.15, 0.2) is 0 Å². The van der Waals surface area contributed by atoms with E-state index in [0.717, 1.165) is 23.6 Å². The lowest BCUT2D eigenvalue weighted by Crippen LogP contribution is -2.12. The third-order valence-electron chi connectivity index (χ3n) is 3.41. The summed E-state index contributed by atoms with van der Waals surface area (Å²) in [5, 5.41) is 12.8. The molecule has 134 valence electrons. The molecule has 0 bridgehead atoms. The van der Waals surface area contributed by atoms with Crippen LogP contribution in [0.2, 0.25) is 10.0 Å². The molecule has 1 amide bonds. The van der Waals surface area contributed by atoms with Crippen LogP contribution in [0, 0.1) is 0 Å². The molecule has 8 heteroatoms. The van der Waals surface area contributed by atoms with Crippen molar-refractivity contribution in [2.75, 3.05) is 11.9 Å². The largest absolute Gasteiger partial charge is 0.494 e. The van der Waals surface area contributed by atoms with Gasteiger partial charge in [-0.1, -0.05) is 52.7 Å². The number of hydrogen-bond acceptors (Lipinski definition) is 5. The Morgan fingerprint density at radius 1 is 1.12 bits per heavy atom. The third kappa shape index (κ3) is 5.17. The monoisotopic (exact) mass is 407 g/mol. The highest BCUT2D eigenvalue weighted by atomic mass is 35.5. The summed E-state index contributed by atoms with van der Waals surface area (Å²) < 4.78 is 5.64. The summed E-state index contributed by atoms with van der Waals surface area (Å²) in [4.78, 5) is 12.3. The highest BCUT2D eigenvalue weighted by Crippen LogP contribution is 2.23. The number of amides is 1. The van der Waals surface area contributed by atoms with Gasteiger partial charge in [0.25, 0.3) is 5.91 Å². The van der Waals surface area contributed by atoms with Gasteiger partial charge in [0.2, 0.25) is 5.13 Å². The first-order chi connectivity index (χ1) is 12.6. The highest BCUT2D eigenvalue weighted by Gasteiger charge is 2.14. The number of carbonyl (C=O) groups is 1. The van der Waals surface area contributed by atoms with Crippen molar-refractivity contribution in [3.8, 4) is 5.75 Å². The van der Waals surface area contributed by atoms with Gasteiger partial charge in [-0.05, 0) is 36.8 Å². The predicted octanol–water partition coefficient (Wildman–Crippen LogP) is 5.11. The van der Waals surface area contributed by atoms with Gasteiger partial charge in [-0.3, -0.25) is 10.1 Å². The van der Waals surface area contributed by atoms with Gasteiger partial charge in [-0.25, -0.2) is 0 Å². The Bertz CT molecular complexity index is 887. The van der Waals surface area contributed by atoms with E-state index in [4.69, 9.17) is 27.9 Å². The summed E-state index contributed by atoms with van der Waals surface area (Å²) in [6.45, 7) is 0.587. The Hall–Kier alpha value is -2.15. The standard InChI is InChI=1S/C18H15Cl2N3O2S/c19-12-8-9-15(20)14(11-12)17(24)21-18-23-22-16(26-18)7-4-10-25-13-5-2-1-3-6-13/h1-3,5-6,8-9,11H,4,7,10H2,(H,21,23,24). The number of rotatable bonds is 7. The molecule has 0 aliphatic rings. The summed E-state index contributed by atoms with van der Waals surface area (Å²) in [7, 11) is 0. The van der Waals surface area contributed by atoms with Crippen LogP contribution in [0.5, 0.6) is 5.75 Å². The third-order valence-corrected chi connectivity index (χ3v) is 4.87. The molecule has 0 fully saturated rings. The van der Waals surface area contributed by atoms with Crippen molar-refractivity contribution in [2.24, 2.45) is 0 Å². The zero-order valence-corrected chi connectivity index (χ0v) is 15.9. The Balaban J connectivity index is 1.50.